The summed E-state index contributed by atoms with van der Waals surface area (Å²) in [4.78, 5) is 43.5. The molecule has 9 nitrogen and oxygen atoms in total. The average molecular weight is 481 g/mol. The first-order valence-electron chi connectivity index (χ1n) is 10.3. The Morgan fingerprint density at radius 1 is 1.03 bits per heavy atom. The van der Waals surface area contributed by atoms with Crippen LogP contribution in [0.1, 0.15) is 5.56 Å². The Hall–Kier alpha value is -4.11. The molecule has 4 aromatic rings. The molecule has 0 saturated carbocycles. The van der Waals surface area contributed by atoms with Gasteiger partial charge in [0.2, 0.25) is 5.91 Å². The molecule has 0 atom stereocenters. The van der Waals surface area contributed by atoms with Crippen molar-refractivity contribution in [2.75, 3.05) is 19.5 Å². The minimum absolute atomic E-state index is 0.0118. The van der Waals surface area contributed by atoms with E-state index >= 15 is 0 Å². The fourth-order valence-corrected chi connectivity index (χ4v) is 3.73. The van der Waals surface area contributed by atoms with Gasteiger partial charge in [-0.3, -0.25) is 18.7 Å². The van der Waals surface area contributed by atoms with Gasteiger partial charge in [-0.05, 0) is 48.0 Å². The van der Waals surface area contributed by atoms with Gasteiger partial charge in [-0.1, -0.05) is 23.7 Å². The van der Waals surface area contributed by atoms with E-state index in [-0.39, 0.29) is 24.1 Å². The minimum atomic E-state index is -0.630. The van der Waals surface area contributed by atoms with E-state index in [1.807, 2.05) is 0 Å². The summed E-state index contributed by atoms with van der Waals surface area (Å²) in [7, 11) is 3.02. The number of carbonyl (C=O) groups is 1. The Labute approximate surface area is 199 Å². The van der Waals surface area contributed by atoms with Crippen LogP contribution >= 0.6 is 11.6 Å². The largest absolute Gasteiger partial charge is 0.497 e. The van der Waals surface area contributed by atoms with E-state index in [0.717, 1.165) is 10.1 Å². The van der Waals surface area contributed by atoms with Crippen LogP contribution < -0.4 is 26.0 Å². The lowest BCUT2D eigenvalue weighted by molar-refractivity contribution is -0.116. The SMILES string of the molecule is COc1ccc(Cn2c(=O)c3ncccc3n(CC(=O)Nc3cc(Cl)ccc3OC)c2=O)cc1. The second-order valence-corrected chi connectivity index (χ2v) is 7.81. The summed E-state index contributed by atoms with van der Waals surface area (Å²) in [6, 6.07) is 15.0. The Morgan fingerprint density at radius 3 is 2.50 bits per heavy atom. The first kappa shape index (κ1) is 23.1. The van der Waals surface area contributed by atoms with Crippen molar-refractivity contribution in [3.63, 3.8) is 0 Å². The van der Waals surface area contributed by atoms with Crippen molar-refractivity contribution in [2.24, 2.45) is 0 Å². The van der Waals surface area contributed by atoms with Gasteiger partial charge in [-0.25, -0.2) is 9.78 Å². The first-order valence-corrected chi connectivity index (χ1v) is 10.6. The number of hydrogen-bond acceptors (Lipinski definition) is 6. The molecule has 10 heteroatoms. The van der Waals surface area contributed by atoms with Crippen molar-refractivity contribution < 1.29 is 14.3 Å². The summed E-state index contributed by atoms with van der Waals surface area (Å²) in [5.74, 6) is 0.574. The number of hydrogen-bond donors (Lipinski definition) is 1. The molecule has 1 amide bonds. The van der Waals surface area contributed by atoms with E-state index < -0.39 is 17.2 Å². The van der Waals surface area contributed by atoms with E-state index in [0.29, 0.717) is 22.2 Å². The number of anilines is 1. The maximum Gasteiger partial charge on any atom is 0.332 e. The molecule has 2 aromatic heterocycles. The van der Waals surface area contributed by atoms with Gasteiger partial charge in [0.1, 0.15) is 18.0 Å². The van der Waals surface area contributed by atoms with E-state index in [1.54, 1.807) is 61.7 Å². The summed E-state index contributed by atoms with van der Waals surface area (Å²) < 4.78 is 12.7. The lowest BCUT2D eigenvalue weighted by Crippen LogP contribution is -2.42. The number of methoxy groups -OCH3 is 2. The van der Waals surface area contributed by atoms with Gasteiger partial charge >= 0.3 is 5.69 Å². The molecule has 0 radical (unpaired) electrons. The van der Waals surface area contributed by atoms with Gasteiger partial charge in [0, 0.05) is 11.2 Å². The average Bonchev–Trinajstić information content (AvgIpc) is 2.85. The predicted molar refractivity (Wildman–Crippen MR) is 129 cm³/mol. The zero-order valence-corrected chi connectivity index (χ0v) is 19.2. The number of pyridine rings is 1. The van der Waals surface area contributed by atoms with Crippen LogP contribution in [0.4, 0.5) is 5.69 Å². The number of rotatable bonds is 7. The van der Waals surface area contributed by atoms with Crippen molar-refractivity contribution in [2.45, 2.75) is 13.1 Å². The van der Waals surface area contributed by atoms with Crippen molar-refractivity contribution in [1.29, 1.82) is 0 Å². The third-order valence-electron chi connectivity index (χ3n) is 5.22. The van der Waals surface area contributed by atoms with Crippen molar-refractivity contribution in [1.82, 2.24) is 14.1 Å². The third-order valence-corrected chi connectivity index (χ3v) is 5.46. The molecule has 0 aliphatic heterocycles. The summed E-state index contributed by atoms with van der Waals surface area (Å²) in [6.45, 7) is -0.336. The van der Waals surface area contributed by atoms with Crippen LogP contribution in [-0.4, -0.2) is 34.2 Å². The lowest BCUT2D eigenvalue weighted by Gasteiger charge is -2.15. The van der Waals surface area contributed by atoms with Gasteiger partial charge in [0.25, 0.3) is 5.56 Å². The normalized spacial score (nSPS) is 10.8. The third kappa shape index (κ3) is 4.65. The summed E-state index contributed by atoms with van der Waals surface area (Å²) in [5.41, 5.74) is 0.261. The highest BCUT2D eigenvalue weighted by Gasteiger charge is 2.17. The number of amides is 1. The molecule has 2 heterocycles. The molecule has 0 aliphatic rings. The Balaban J connectivity index is 1.73. The molecule has 0 aliphatic carbocycles. The van der Waals surface area contributed by atoms with Crippen LogP contribution in [-0.2, 0) is 17.9 Å². The standard InChI is InChI=1S/C24H21ClN4O5/c1-33-17-8-5-15(6-9-17)13-29-23(31)22-19(4-3-11-26-22)28(24(29)32)14-21(30)27-18-12-16(25)7-10-20(18)34-2/h3-12H,13-14H2,1-2H3,(H,27,30). The number of nitrogens with one attached hydrogen (secondary N) is 1. The van der Waals surface area contributed by atoms with E-state index in [1.165, 1.54) is 17.9 Å². The van der Waals surface area contributed by atoms with E-state index in [4.69, 9.17) is 21.1 Å². The molecule has 34 heavy (non-hydrogen) atoms. The molecule has 2 aromatic carbocycles. The summed E-state index contributed by atoms with van der Waals surface area (Å²) in [5, 5.41) is 3.12. The van der Waals surface area contributed by atoms with E-state index in [2.05, 4.69) is 10.3 Å². The molecule has 0 fully saturated rings. The molecule has 0 bridgehead atoms. The second kappa shape index (κ2) is 9.80. The zero-order valence-electron chi connectivity index (χ0n) is 18.4. The molecule has 0 unspecified atom stereocenters. The van der Waals surface area contributed by atoms with Gasteiger partial charge < -0.3 is 14.8 Å². The highest BCUT2D eigenvalue weighted by molar-refractivity contribution is 6.31. The smallest absolute Gasteiger partial charge is 0.332 e. The van der Waals surface area contributed by atoms with E-state index in [9.17, 15) is 14.4 Å². The van der Waals surface area contributed by atoms with Gasteiger partial charge in [-0.15, -0.1) is 0 Å². The second-order valence-electron chi connectivity index (χ2n) is 7.37. The van der Waals surface area contributed by atoms with Crippen LogP contribution in [0.2, 0.25) is 5.02 Å². The number of aromatic nitrogens is 3. The minimum Gasteiger partial charge on any atom is -0.497 e. The van der Waals surface area contributed by atoms with Crippen LogP contribution in [0, 0.1) is 0 Å². The quantitative estimate of drug-likeness (QED) is 0.436. The van der Waals surface area contributed by atoms with Crippen LogP contribution in [0.15, 0.2) is 70.4 Å². The van der Waals surface area contributed by atoms with Crippen molar-refractivity contribution in [3.8, 4) is 11.5 Å². The highest BCUT2D eigenvalue weighted by atomic mass is 35.5. The lowest BCUT2D eigenvalue weighted by atomic mass is 10.2. The number of fused-ring (bicyclic) bond motifs is 1. The molecule has 174 valence electrons. The monoisotopic (exact) mass is 480 g/mol. The van der Waals surface area contributed by atoms with Crippen LogP contribution in [0.25, 0.3) is 11.0 Å². The van der Waals surface area contributed by atoms with Crippen LogP contribution in [0.5, 0.6) is 11.5 Å². The number of carbonyl (C=O) groups excluding carboxylic acids is 1. The predicted octanol–water partition coefficient (Wildman–Crippen LogP) is 2.92. The summed E-state index contributed by atoms with van der Waals surface area (Å²) >= 11 is 6.04. The highest BCUT2D eigenvalue weighted by Crippen LogP contribution is 2.27. The molecule has 4 rings (SSSR count). The molecule has 0 spiro atoms. The fourth-order valence-electron chi connectivity index (χ4n) is 3.56. The van der Waals surface area contributed by atoms with Gasteiger partial charge in [0.15, 0.2) is 5.52 Å². The van der Waals surface area contributed by atoms with Gasteiger partial charge in [-0.2, -0.15) is 0 Å². The molecule has 1 N–H and O–H groups in total. The maximum atomic E-state index is 13.3. The summed E-state index contributed by atoms with van der Waals surface area (Å²) in [6.07, 6.45) is 1.47. The molecular formula is C24H21ClN4O5. The number of ether oxygens (including phenoxy) is 2. The number of benzene rings is 2. The Kier molecular flexibility index (Phi) is 6.65. The van der Waals surface area contributed by atoms with Crippen LogP contribution in [0.3, 0.4) is 0 Å². The van der Waals surface area contributed by atoms with Crippen molar-refractivity contribution >= 4 is 34.2 Å². The first-order chi connectivity index (χ1) is 16.4. The Bertz CT molecular complexity index is 1480. The molecular weight excluding hydrogens is 460 g/mol. The maximum absolute atomic E-state index is 13.3. The number of nitrogens with zero attached hydrogens (tertiary/aromatic N) is 3. The van der Waals surface area contributed by atoms with Crippen molar-refractivity contribution in [3.05, 3.63) is 92.2 Å². The zero-order chi connectivity index (χ0) is 24.2. The number of halogens is 1. The topological polar surface area (TPSA) is 104 Å². The van der Waals surface area contributed by atoms with Gasteiger partial charge in [0.05, 0.1) is 32.0 Å². The Morgan fingerprint density at radius 2 is 1.79 bits per heavy atom. The fraction of sp³-hybridized carbons (Fsp3) is 0.167. The molecule has 0 saturated heterocycles.